The number of aryl methyl sites for hydroxylation is 1. The Hall–Kier alpha value is -3.74. The maximum atomic E-state index is 13.6. The van der Waals surface area contributed by atoms with E-state index < -0.39 is 5.97 Å². The molecule has 1 heterocycles. The molecule has 33 heavy (non-hydrogen) atoms. The molecule has 0 radical (unpaired) electrons. The Labute approximate surface area is 194 Å². The second-order valence-electron chi connectivity index (χ2n) is 7.66. The molecule has 1 N–H and O–H groups in total. The molecule has 0 aliphatic heterocycles. The lowest BCUT2D eigenvalue weighted by atomic mass is 10.1. The normalized spacial score (nSPS) is 10.6. The van der Waals surface area contributed by atoms with Gasteiger partial charge in [-0.1, -0.05) is 24.3 Å². The first-order valence-electron chi connectivity index (χ1n) is 10.8. The van der Waals surface area contributed by atoms with E-state index in [1.165, 1.54) is 0 Å². The van der Waals surface area contributed by atoms with Gasteiger partial charge in [0.25, 0.3) is 5.91 Å². The standard InChI is InChI=1S/C26H30N2O5/c1-6-33-26(30)24-17(2)22(18(3)27-24)16-28(15-19-11-13-20(31-4)14-12-19)25(29)21-9-7-8-10-23(21)32-5/h7-14,27H,6,15-16H2,1-5H3. The van der Waals surface area contributed by atoms with E-state index in [2.05, 4.69) is 4.98 Å². The summed E-state index contributed by atoms with van der Waals surface area (Å²) in [6, 6.07) is 14.8. The van der Waals surface area contributed by atoms with Crippen LogP contribution in [0.4, 0.5) is 0 Å². The number of hydrogen-bond acceptors (Lipinski definition) is 5. The number of nitrogens with zero attached hydrogens (tertiary/aromatic N) is 1. The topological polar surface area (TPSA) is 80.9 Å². The predicted molar refractivity (Wildman–Crippen MR) is 126 cm³/mol. The van der Waals surface area contributed by atoms with Crippen LogP contribution in [0.2, 0.25) is 0 Å². The van der Waals surface area contributed by atoms with Gasteiger partial charge in [0.2, 0.25) is 0 Å². The van der Waals surface area contributed by atoms with Crippen LogP contribution in [0.25, 0.3) is 0 Å². The Bertz CT molecular complexity index is 1120. The van der Waals surface area contributed by atoms with Crippen molar-refractivity contribution in [2.24, 2.45) is 0 Å². The van der Waals surface area contributed by atoms with E-state index >= 15 is 0 Å². The zero-order valence-corrected chi connectivity index (χ0v) is 19.7. The van der Waals surface area contributed by atoms with E-state index in [0.717, 1.165) is 28.1 Å². The first kappa shape index (κ1) is 23.9. The van der Waals surface area contributed by atoms with Crippen molar-refractivity contribution in [3.05, 3.63) is 82.2 Å². The summed E-state index contributed by atoms with van der Waals surface area (Å²) in [4.78, 5) is 30.9. The molecule has 2 aromatic carbocycles. The van der Waals surface area contributed by atoms with Gasteiger partial charge in [0.1, 0.15) is 17.2 Å². The number of nitrogens with one attached hydrogen (secondary N) is 1. The van der Waals surface area contributed by atoms with Crippen LogP contribution in [-0.4, -0.2) is 42.6 Å². The Morgan fingerprint density at radius 3 is 2.27 bits per heavy atom. The molecule has 0 unspecified atom stereocenters. The minimum atomic E-state index is -0.401. The third-order valence-corrected chi connectivity index (χ3v) is 5.58. The Kier molecular flexibility index (Phi) is 7.77. The van der Waals surface area contributed by atoms with Crippen LogP contribution in [0.15, 0.2) is 48.5 Å². The van der Waals surface area contributed by atoms with Gasteiger partial charge in [-0.05, 0) is 61.7 Å². The van der Waals surface area contributed by atoms with Gasteiger partial charge in [-0.25, -0.2) is 4.79 Å². The minimum absolute atomic E-state index is 0.166. The van der Waals surface area contributed by atoms with Crippen molar-refractivity contribution in [2.45, 2.75) is 33.9 Å². The summed E-state index contributed by atoms with van der Waals surface area (Å²) in [6.07, 6.45) is 0. The number of benzene rings is 2. The highest BCUT2D eigenvalue weighted by molar-refractivity contribution is 5.97. The van der Waals surface area contributed by atoms with Crippen LogP contribution in [-0.2, 0) is 17.8 Å². The summed E-state index contributed by atoms with van der Waals surface area (Å²) >= 11 is 0. The Morgan fingerprint density at radius 2 is 1.64 bits per heavy atom. The maximum absolute atomic E-state index is 13.6. The summed E-state index contributed by atoms with van der Waals surface area (Å²) in [7, 11) is 3.16. The quantitative estimate of drug-likeness (QED) is 0.479. The van der Waals surface area contributed by atoms with Crippen molar-refractivity contribution in [3.8, 4) is 11.5 Å². The van der Waals surface area contributed by atoms with E-state index in [1.54, 1.807) is 38.2 Å². The SMILES string of the molecule is CCOC(=O)c1[nH]c(C)c(CN(Cc2ccc(OC)cc2)C(=O)c2ccccc2OC)c1C. The molecule has 0 saturated carbocycles. The summed E-state index contributed by atoms with van der Waals surface area (Å²) in [6.45, 7) is 6.51. The Balaban J connectivity index is 1.98. The van der Waals surface area contributed by atoms with Crippen molar-refractivity contribution in [3.63, 3.8) is 0 Å². The van der Waals surface area contributed by atoms with Crippen molar-refractivity contribution in [2.75, 3.05) is 20.8 Å². The van der Waals surface area contributed by atoms with Gasteiger partial charge >= 0.3 is 5.97 Å². The fourth-order valence-corrected chi connectivity index (χ4v) is 3.77. The smallest absolute Gasteiger partial charge is 0.355 e. The molecule has 0 saturated heterocycles. The average molecular weight is 451 g/mol. The fraction of sp³-hybridized carbons (Fsp3) is 0.308. The molecule has 0 bridgehead atoms. The van der Waals surface area contributed by atoms with Gasteiger partial charge in [-0.15, -0.1) is 0 Å². The summed E-state index contributed by atoms with van der Waals surface area (Å²) < 4.78 is 15.8. The largest absolute Gasteiger partial charge is 0.497 e. The van der Waals surface area contributed by atoms with Gasteiger partial charge in [-0.2, -0.15) is 0 Å². The maximum Gasteiger partial charge on any atom is 0.355 e. The summed E-state index contributed by atoms with van der Waals surface area (Å²) in [5.41, 5.74) is 4.33. The molecule has 7 nitrogen and oxygen atoms in total. The highest BCUT2D eigenvalue weighted by Crippen LogP contribution is 2.26. The summed E-state index contributed by atoms with van der Waals surface area (Å²) in [5, 5.41) is 0. The number of esters is 1. The minimum Gasteiger partial charge on any atom is -0.497 e. The molecule has 0 aliphatic carbocycles. The molecule has 0 aliphatic rings. The number of rotatable bonds is 9. The number of carbonyl (C=O) groups excluding carboxylic acids is 2. The number of methoxy groups -OCH3 is 2. The molecule has 1 amide bonds. The second kappa shape index (κ2) is 10.7. The van der Waals surface area contributed by atoms with Crippen LogP contribution >= 0.6 is 0 Å². The van der Waals surface area contributed by atoms with Crippen LogP contribution in [0.1, 0.15) is 50.2 Å². The van der Waals surface area contributed by atoms with E-state index in [9.17, 15) is 9.59 Å². The van der Waals surface area contributed by atoms with E-state index in [-0.39, 0.29) is 5.91 Å². The van der Waals surface area contributed by atoms with Crippen molar-refractivity contribution >= 4 is 11.9 Å². The lowest BCUT2D eigenvalue weighted by Gasteiger charge is -2.24. The highest BCUT2D eigenvalue weighted by Gasteiger charge is 2.24. The molecule has 7 heteroatoms. The van der Waals surface area contributed by atoms with Crippen LogP contribution in [0, 0.1) is 13.8 Å². The van der Waals surface area contributed by atoms with Crippen LogP contribution in [0.3, 0.4) is 0 Å². The molecule has 0 spiro atoms. The fourth-order valence-electron chi connectivity index (χ4n) is 3.77. The van der Waals surface area contributed by atoms with Gasteiger partial charge in [-0.3, -0.25) is 4.79 Å². The zero-order chi connectivity index (χ0) is 24.0. The number of aromatic amines is 1. The van der Waals surface area contributed by atoms with Crippen LogP contribution < -0.4 is 9.47 Å². The van der Waals surface area contributed by atoms with E-state index in [4.69, 9.17) is 14.2 Å². The third-order valence-electron chi connectivity index (χ3n) is 5.58. The van der Waals surface area contributed by atoms with Gasteiger partial charge in [0, 0.05) is 18.8 Å². The second-order valence-corrected chi connectivity index (χ2v) is 7.66. The van der Waals surface area contributed by atoms with Gasteiger partial charge < -0.3 is 24.1 Å². The number of aromatic nitrogens is 1. The first-order valence-corrected chi connectivity index (χ1v) is 10.8. The lowest BCUT2D eigenvalue weighted by Crippen LogP contribution is -2.31. The monoisotopic (exact) mass is 450 g/mol. The van der Waals surface area contributed by atoms with Gasteiger partial charge in [0.05, 0.1) is 26.4 Å². The molecule has 3 rings (SSSR count). The predicted octanol–water partition coefficient (Wildman–Crippen LogP) is 4.67. The lowest BCUT2D eigenvalue weighted by molar-refractivity contribution is 0.0519. The number of amides is 1. The van der Waals surface area contributed by atoms with Crippen LogP contribution in [0.5, 0.6) is 11.5 Å². The van der Waals surface area contributed by atoms with E-state index in [1.807, 2.05) is 50.2 Å². The molecule has 3 aromatic rings. The molecular formula is C26H30N2O5. The van der Waals surface area contributed by atoms with Crippen molar-refractivity contribution in [1.82, 2.24) is 9.88 Å². The summed E-state index contributed by atoms with van der Waals surface area (Å²) in [5.74, 6) is 0.692. The molecule has 174 valence electrons. The molecule has 1 aromatic heterocycles. The molecular weight excluding hydrogens is 420 g/mol. The first-order chi connectivity index (χ1) is 15.9. The Morgan fingerprint density at radius 1 is 0.939 bits per heavy atom. The zero-order valence-electron chi connectivity index (χ0n) is 19.7. The number of ether oxygens (including phenoxy) is 3. The number of hydrogen-bond donors (Lipinski definition) is 1. The highest BCUT2D eigenvalue weighted by atomic mass is 16.5. The molecule has 0 atom stereocenters. The van der Waals surface area contributed by atoms with Crippen molar-refractivity contribution in [1.29, 1.82) is 0 Å². The number of H-pyrrole nitrogens is 1. The third kappa shape index (κ3) is 5.37. The van der Waals surface area contributed by atoms with E-state index in [0.29, 0.717) is 36.7 Å². The average Bonchev–Trinajstić information content (AvgIpc) is 3.12. The van der Waals surface area contributed by atoms with Gasteiger partial charge in [0.15, 0.2) is 0 Å². The van der Waals surface area contributed by atoms with Crippen molar-refractivity contribution < 1.29 is 23.8 Å². The number of carbonyl (C=O) groups is 2. The molecule has 0 fully saturated rings. The number of para-hydroxylation sites is 1.